The second-order valence-electron chi connectivity index (χ2n) is 6.40. The first kappa shape index (κ1) is 21.3. The van der Waals surface area contributed by atoms with E-state index in [4.69, 9.17) is 14.6 Å². The van der Waals surface area contributed by atoms with Gasteiger partial charge in [0.2, 0.25) is 0 Å². The fourth-order valence-corrected chi connectivity index (χ4v) is 2.79. The van der Waals surface area contributed by atoms with Crippen LogP contribution in [0.25, 0.3) is 6.08 Å². The second kappa shape index (κ2) is 8.95. The van der Waals surface area contributed by atoms with Crippen LogP contribution in [-0.2, 0) is 16.2 Å². The molecule has 0 spiro atoms. The van der Waals surface area contributed by atoms with Gasteiger partial charge in [0, 0.05) is 12.1 Å². The first-order valence-corrected chi connectivity index (χ1v) is 8.89. The number of carbonyl (C=O) groups excluding carboxylic acids is 2. The third-order valence-electron chi connectivity index (χ3n) is 4.30. The topological polar surface area (TPSA) is 148 Å². The molecule has 0 atom stereocenters. The number of methoxy groups -OCH3 is 1. The summed E-state index contributed by atoms with van der Waals surface area (Å²) in [7, 11) is 1.43. The molecule has 3 amide bonds. The maximum Gasteiger partial charge on any atom is 0.329 e. The number of carboxylic acids is 1. The third-order valence-corrected chi connectivity index (χ3v) is 4.30. The Morgan fingerprint density at radius 2 is 1.90 bits per heavy atom. The number of ether oxygens (including phenoxy) is 2. The van der Waals surface area contributed by atoms with Gasteiger partial charge in [0.05, 0.1) is 12.0 Å². The van der Waals surface area contributed by atoms with Crippen molar-refractivity contribution in [2.75, 3.05) is 13.7 Å². The predicted molar refractivity (Wildman–Crippen MR) is 106 cm³/mol. The summed E-state index contributed by atoms with van der Waals surface area (Å²) in [6.45, 7) is -0.589. The number of nitrogens with one attached hydrogen (secondary N) is 1. The lowest BCUT2D eigenvalue weighted by Gasteiger charge is -2.11. The maximum absolute atomic E-state index is 12.2. The van der Waals surface area contributed by atoms with Gasteiger partial charge in [-0.25, -0.2) is 9.69 Å². The lowest BCUT2D eigenvalue weighted by Crippen LogP contribution is -2.35. The smallest absolute Gasteiger partial charge is 0.329 e. The van der Waals surface area contributed by atoms with E-state index in [1.807, 2.05) is 0 Å². The number of amides is 3. The van der Waals surface area contributed by atoms with E-state index in [2.05, 4.69) is 5.32 Å². The van der Waals surface area contributed by atoms with Crippen molar-refractivity contribution in [3.05, 3.63) is 69.4 Å². The average Bonchev–Trinajstić information content (AvgIpc) is 2.99. The largest absolute Gasteiger partial charge is 0.493 e. The Labute approximate surface area is 175 Å². The molecule has 0 saturated carbocycles. The normalized spacial score (nSPS) is 14.5. The van der Waals surface area contributed by atoms with E-state index in [0.717, 1.165) is 5.56 Å². The SMILES string of the molecule is COc1cc(/C=C2/NC(=O)N(CC(=O)O)C2=O)ccc1OCc1ccc([N+](=O)[O-])cc1. The summed E-state index contributed by atoms with van der Waals surface area (Å²) < 4.78 is 11.0. The van der Waals surface area contributed by atoms with Gasteiger partial charge in [-0.2, -0.15) is 0 Å². The molecule has 3 rings (SSSR count). The highest BCUT2D eigenvalue weighted by atomic mass is 16.6. The van der Waals surface area contributed by atoms with Gasteiger partial charge in [-0.3, -0.25) is 19.7 Å². The molecule has 11 heteroatoms. The Kier molecular flexibility index (Phi) is 6.15. The van der Waals surface area contributed by atoms with Gasteiger partial charge < -0.3 is 19.9 Å². The Balaban J connectivity index is 1.73. The number of rotatable bonds is 8. The van der Waals surface area contributed by atoms with Crippen molar-refractivity contribution in [1.29, 1.82) is 0 Å². The second-order valence-corrected chi connectivity index (χ2v) is 6.40. The number of nitro groups is 1. The van der Waals surface area contributed by atoms with Gasteiger partial charge in [0.1, 0.15) is 18.8 Å². The molecule has 0 radical (unpaired) electrons. The van der Waals surface area contributed by atoms with Crippen molar-refractivity contribution >= 4 is 29.7 Å². The Bertz CT molecular complexity index is 1080. The molecule has 160 valence electrons. The van der Waals surface area contributed by atoms with Crippen LogP contribution in [0.2, 0.25) is 0 Å². The number of carboxylic acid groups (broad SMARTS) is 1. The van der Waals surface area contributed by atoms with Gasteiger partial charge in [-0.1, -0.05) is 6.07 Å². The van der Waals surface area contributed by atoms with Crippen molar-refractivity contribution in [2.24, 2.45) is 0 Å². The molecular formula is C20H17N3O8. The van der Waals surface area contributed by atoms with E-state index >= 15 is 0 Å². The van der Waals surface area contributed by atoms with E-state index in [1.54, 1.807) is 30.3 Å². The standard InChI is InChI=1S/C20H17N3O8/c1-30-17-9-13(8-15-19(26)22(10-18(24)25)20(27)21-15)4-7-16(17)31-11-12-2-5-14(6-3-12)23(28)29/h2-9H,10-11H2,1H3,(H,21,27)(H,24,25)/b15-8+. The minimum Gasteiger partial charge on any atom is -0.493 e. The van der Waals surface area contributed by atoms with Gasteiger partial charge in [0.15, 0.2) is 11.5 Å². The van der Waals surface area contributed by atoms with E-state index in [1.165, 1.54) is 25.3 Å². The molecule has 1 fully saturated rings. The van der Waals surface area contributed by atoms with Crippen molar-refractivity contribution < 1.29 is 33.9 Å². The molecule has 1 saturated heterocycles. The molecule has 1 aliphatic heterocycles. The van der Waals surface area contributed by atoms with Gasteiger partial charge in [-0.05, 0) is 41.5 Å². The summed E-state index contributed by atoms with van der Waals surface area (Å²) in [5.41, 5.74) is 1.15. The quantitative estimate of drug-likeness (QED) is 0.282. The van der Waals surface area contributed by atoms with Crippen LogP contribution in [0, 0.1) is 10.1 Å². The molecule has 0 aromatic heterocycles. The molecule has 1 heterocycles. The van der Waals surface area contributed by atoms with Crippen LogP contribution < -0.4 is 14.8 Å². The van der Waals surface area contributed by atoms with Crippen molar-refractivity contribution in [2.45, 2.75) is 6.61 Å². The summed E-state index contributed by atoms with van der Waals surface area (Å²) >= 11 is 0. The summed E-state index contributed by atoms with van der Waals surface area (Å²) in [6.07, 6.45) is 1.39. The number of imide groups is 1. The summed E-state index contributed by atoms with van der Waals surface area (Å²) in [5.74, 6) is -1.29. The molecule has 0 unspecified atom stereocenters. The van der Waals surface area contributed by atoms with Crippen molar-refractivity contribution in [3.8, 4) is 11.5 Å². The van der Waals surface area contributed by atoms with Crippen LogP contribution in [0.3, 0.4) is 0 Å². The summed E-state index contributed by atoms with van der Waals surface area (Å²) in [5, 5.41) is 21.8. The van der Waals surface area contributed by atoms with Crippen LogP contribution >= 0.6 is 0 Å². The number of urea groups is 1. The number of carbonyl (C=O) groups is 3. The van der Waals surface area contributed by atoms with E-state index in [9.17, 15) is 24.5 Å². The highest BCUT2D eigenvalue weighted by Gasteiger charge is 2.34. The predicted octanol–water partition coefficient (Wildman–Crippen LogP) is 2.16. The fraction of sp³-hybridized carbons (Fsp3) is 0.150. The molecule has 11 nitrogen and oxygen atoms in total. The highest BCUT2D eigenvalue weighted by molar-refractivity contribution is 6.15. The number of benzene rings is 2. The van der Waals surface area contributed by atoms with Crippen LogP contribution in [-0.4, -0.2) is 46.5 Å². The molecule has 2 aromatic carbocycles. The molecular weight excluding hydrogens is 410 g/mol. The Morgan fingerprint density at radius 3 is 2.52 bits per heavy atom. The summed E-state index contributed by atoms with van der Waals surface area (Å²) in [6, 6.07) is 9.93. The maximum atomic E-state index is 12.2. The lowest BCUT2D eigenvalue weighted by atomic mass is 10.1. The zero-order valence-electron chi connectivity index (χ0n) is 16.2. The number of nitro benzene ring substituents is 1. The monoisotopic (exact) mass is 427 g/mol. The average molecular weight is 427 g/mol. The first-order valence-electron chi connectivity index (χ1n) is 8.89. The molecule has 2 N–H and O–H groups in total. The van der Waals surface area contributed by atoms with Crippen molar-refractivity contribution in [1.82, 2.24) is 10.2 Å². The minimum atomic E-state index is -1.30. The van der Waals surface area contributed by atoms with Crippen LogP contribution in [0.4, 0.5) is 10.5 Å². The zero-order chi connectivity index (χ0) is 22.5. The van der Waals surface area contributed by atoms with E-state index in [-0.39, 0.29) is 18.0 Å². The molecule has 31 heavy (non-hydrogen) atoms. The number of non-ortho nitro benzene ring substituents is 1. The Morgan fingerprint density at radius 1 is 1.19 bits per heavy atom. The summed E-state index contributed by atoms with van der Waals surface area (Å²) in [4.78, 5) is 45.6. The van der Waals surface area contributed by atoms with E-state index < -0.39 is 29.4 Å². The van der Waals surface area contributed by atoms with Crippen LogP contribution in [0.1, 0.15) is 11.1 Å². The van der Waals surface area contributed by atoms with Crippen LogP contribution in [0.15, 0.2) is 48.2 Å². The number of hydrogen-bond acceptors (Lipinski definition) is 7. The molecule has 0 bridgehead atoms. The number of hydrogen-bond donors (Lipinski definition) is 2. The third kappa shape index (κ3) is 4.96. The van der Waals surface area contributed by atoms with Gasteiger partial charge >= 0.3 is 12.0 Å². The highest BCUT2D eigenvalue weighted by Crippen LogP contribution is 2.30. The molecule has 0 aliphatic carbocycles. The van der Waals surface area contributed by atoms with E-state index in [0.29, 0.717) is 22.0 Å². The Hall–Kier alpha value is -4.41. The molecule has 2 aromatic rings. The number of aliphatic carboxylic acids is 1. The van der Waals surface area contributed by atoms with Gasteiger partial charge in [-0.15, -0.1) is 0 Å². The van der Waals surface area contributed by atoms with Crippen molar-refractivity contribution in [3.63, 3.8) is 0 Å². The molecule has 1 aliphatic rings. The lowest BCUT2D eigenvalue weighted by molar-refractivity contribution is -0.384. The van der Waals surface area contributed by atoms with Gasteiger partial charge in [0.25, 0.3) is 11.6 Å². The minimum absolute atomic E-state index is 0.0193. The zero-order valence-corrected chi connectivity index (χ0v) is 16.2. The fourth-order valence-electron chi connectivity index (χ4n) is 2.79. The number of nitrogens with zero attached hydrogens (tertiary/aromatic N) is 2. The first-order chi connectivity index (χ1) is 14.8. The van der Waals surface area contributed by atoms with Crippen LogP contribution in [0.5, 0.6) is 11.5 Å².